The van der Waals surface area contributed by atoms with Gasteiger partial charge in [-0.15, -0.1) is 0 Å². The molecule has 0 aliphatic carbocycles. The number of H-pyrrole nitrogens is 1. The first kappa shape index (κ1) is 22.6. The van der Waals surface area contributed by atoms with E-state index in [4.69, 9.17) is 5.73 Å². The van der Waals surface area contributed by atoms with Crippen LogP contribution in [0.15, 0.2) is 66.6 Å². The van der Waals surface area contributed by atoms with Gasteiger partial charge in [0, 0.05) is 27.4 Å². The van der Waals surface area contributed by atoms with E-state index < -0.39 is 21.5 Å². The second kappa shape index (κ2) is 8.06. The molecule has 33 heavy (non-hydrogen) atoms. The van der Waals surface area contributed by atoms with Gasteiger partial charge in [0.15, 0.2) is 0 Å². The smallest absolute Gasteiger partial charge is 0.254 e. The highest BCUT2D eigenvalue weighted by Crippen LogP contribution is 2.38. The number of amides is 1. The molecule has 0 fully saturated rings. The second-order valence-electron chi connectivity index (χ2n) is 8.50. The summed E-state index contributed by atoms with van der Waals surface area (Å²) in [5.74, 6) is -0.444. The second-order valence-corrected chi connectivity index (χ2v) is 10.1. The summed E-state index contributed by atoms with van der Waals surface area (Å²) < 4.78 is 26.3. The van der Waals surface area contributed by atoms with Crippen LogP contribution in [0.1, 0.15) is 25.0 Å². The molecule has 4 rings (SSSR count). The molecule has 170 valence electrons. The SMILES string of the molecule is C=CS(=O)(=O)Nc1cccc(-c2ccc(CC(N)=O)c3[nH]c4cc(C(C)(C)O)ccc4c23)c1. The van der Waals surface area contributed by atoms with Crippen LogP contribution >= 0.6 is 0 Å². The molecular weight excluding hydrogens is 438 g/mol. The maximum absolute atomic E-state index is 11.9. The minimum atomic E-state index is -3.64. The lowest BCUT2D eigenvalue weighted by Crippen LogP contribution is -2.14. The van der Waals surface area contributed by atoms with Crippen LogP contribution in [0.2, 0.25) is 0 Å². The summed E-state index contributed by atoms with van der Waals surface area (Å²) >= 11 is 0. The van der Waals surface area contributed by atoms with Crippen LogP contribution in [0.5, 0.6) is 0 Å². The van der Waals surface area contributed by atoms with Crippen LogP contribution in [0.25, 0.3) is 32.9 Å². The van der Waals surface area contributed by atoms with Gasteiger partial charge in [-0.3, -0.25) is 9.52 Å². The summed E-state index contributed by atoms with van der Waals surface area (Å²) in [5.41, 5.74) is 9.61. The van der Waals surface area contributed by atoms with Crippen LogP contribution in [-0.4, -0.2) is 24.4 Å². The molecular formula is C25H25N3O4S. The van der Waals surface area contributed by atoms with E-state index >= 15 is 0 Å². The van der Waals surface area contributed by atoms with Crippen LogP contribution in [0, 0.1) is 0 Å². The van der Waals surface area contributed by atoms with Crippen LogP contribution < -0.4 is 10.5 Å². The summed E-state index contributed by atoms with van der Waals surface area (Å²) in [6.07, 6.45) is 0.0706. The highest BCUT2D eigenvalue weighted by Gasteiger charge is 2.20. The van der Waals surface area contributed by atoms with Gasteiger partial charge < -0.3 is 15.8 Å². The summed E-state index contributed by atoms with van der Waals surface area (Å²) in [5, 5.41) is 13.1. The first-order valence-electron chi connectivity index (χ1n) is 10.3. The molecule has 0 aliphatic rings. The van der Waals surface area contributed by atoms with Gasteiger partial charge in [-0.1, -0.05) is 43.0 Å². The van der Waals surface area contributed by atoms with Crippen LogP contribution in [0.3, 0.4) is 0 Å². The van der Waals surface area contributed by atoms with Crippen molar-refractivity contribution in [2.75, 3.05) is 4.72 Å². The van der Waals surface area contributed by atoms with Gasteiger partial charge in [0.25, 0.3) is 10.0 Å². The number of fused-ring (bicyclic) bond motifs is 3. The minimum Gasteiger partial charge on any atom is -0.386 e. The standard InChI is InChI=1S/C25H25N3O4S/c1-4-33(31,32)28-18-7-5-6-15(12-18)19-10-8-16(13-22(26)29)24-23(19)20-11-9-17(25(2,3)30)14-21(20)27-24/h4-12,14,27-28,30H,1,13H2,2-3H3,(H2,26,29). The Morgan fingerprint density at radius 1 is 1.18 bits per heavy atom. The third kappa shape index (κ3) is 4.48. The molecule has 1 aromatic heterocycles. The van der Waals surface area contributed by atoms with E-state index in [-0.39, 0.29) is 6.42 Å². The lowest BCUT2D eigenvalue weighted by atomic mass is 9.94. The van der Waals surface area contributed by atoms with E-state index in [0.29, 0.717) is 5.69 Å². The summed E-state index contributed by atoms with van der Waals surface area (Å²) in [7, 11) is -3.64. The van der Waals surface area contributed by atoms with Gasteiger partial charge in [0.2, 0.25) is 5.91 Å². The molecule has 3 aromatic carbocycles. The zero-order chi connectivity index (χ0) is 24.0. The topological polar surface area (TPSA) is 125 Å². The van der Waals surface area contributed by atoms with E-state index in [9.17, 15) is 18.3 Å². The minimum absolute atomic E-state index is 0.0706. The molecule has 0 radical (unpaired) electrons. The maximum Gasteiger partial charge on any atom is 0.254 e. The quantitative estimate of drug-likeness (QED) is 0.329. The lowest BCUT2D eigenvalue weighted by molar-refractivity contribution is -0.117. The van der Waals surface area contributed by atoms with Gasteiger partial charge in [-0.05, 0) is 54.3 Å². The van der Waals surface area contributed by atoms with E-state index in [1.54, 1.807) is 32.0 Å². The van der Waals surface area contributed by atoms with Crippen molar-refractivity contribution in [1.82, 2.24) is 4.98 Å². The highest BCUT2D eigenvalue weighted by molar-refractivity contribution is 7.95. The molecule has 0 aliphatic heterocycles. The number of sulfonamides is 1. The molecule has 0 spiro atoms. The van der Waals surface area contributed by atoms with Crippen molar-refractivity contribution in [3.05, 3.63) is 77.7 Å². The monoisotopic (exact) mass is 463 g/mol. The largest absolute Gasteiger partial charge is 0.386 e. The fourth-order valence-corrected chi connectivity index (χ4v) is 4.52. The number of aromatic nitrogens is 1. The number of benzene rings is 3. The number of primary amides is 1. The molecule has 1 heterocycles. The number of rotatable bonds is 7. The summed E-state index contributed by atoms with van der Waals surface area (Å²) in [6, 6.07) is 16.5. The number of aromatic amines is 1. The first-order chi connectivity index (χ1) is 15.5. The Morgan fingerprint density at radius 2 is 1.94 bits per heavy atom. The summed E-state index contributed by atoms with van der Waals surface area (Å²) in [6.45, 7) is 6.76. The number of hydrogen-bond donors (Lipinski definition) is 4. The molecule has 0 atom stereocenters. The predicted molar refractivity (Wildman–Crippen MR) is 132 cm³/mol. The molecule has 0 unspecified atom stereocenters. The number of nitrogens with two attached hydrogens (primary N) is 1. The van der Waals surface area contributed by atoms with E-state index in [1.165, 1.54) is 0 Å². The Balaban J connectivity index is 1.98. The van der Waals surface area contributed by atoms with Crippen molar-refractivity contribution in [3.63, 3.8) is 0 Å². The zero-order valence-corrected chi connectivity index (χ0v) is 19.2. The number of carbonyl (C=O) groups excluding carboxylic acids is 1. The Bertz CT molecular complexity index is 1510. The molecule has 0 saturated heterocycles. The van der Waals surface area contributed by atoms with Crippen molar-refractivity contribution >= 4 is 43.4 Å². The molecule has 1 amide bonds. The highest BCUT2D eigenvalue weighted by atomic mass is 32.2. The van der Waals surface area contributed by atoms with Gasteiger partial charge >= 0.3 is 0 Å². The zero-order valence-electron chi connectivity index (χ0n) is 18.3. The van der Waals surface area contributed by atoms with Crippen LogP contribution in [0.4, 0.5) is 5.69 Å². The Kier molecular flexibility index (Phi) is 5.51. The molecule has 8 heteroatoms. The van der Waals surface area contributed by atoms with Crippen molar-refractivity contribution < 1.29 is 18.3 Å². The number of carbonyl (C=O) groups is 1. The normalized spacial score (nSPS) is 12.2. The fourth-order valence-electron chi connectivity index (χ4n) is 3.98. The average Bonchev–Trinajstić information content (AvgIpc) is 3.12. The van der Waals surface area contributed by atoms with Gasteiger partial charge in [-0.25, -0.2) is 8.42 Å². The van der Waals surface area contributed by atoms with Crippen molar-refractivity contribution in [2.24, 2.45) is 5.73 Å². The molecule has 0 saturated carbocycles. The van der Waals surface area contributed by atoms with Gasteiger partial charge in [-0.2, -0.15) is 0 Å². The van der Waals surface area contributed by atoms with E-state index in [0.717, 1.165) is 49.5 Å². The number of nitrogens with one attached hydrogen (secondary N) is 2. The van der Waals surface area contributed by atoms with Crippen molar-refractivity contribution in [2.45, 2.75) is 25.9 Å². The Hall–Kier alpha value is -3.62. The molecule has 4 aromatic rings. The third-order valence-electron chi connectivity index (χ3n) is 5.56. The van der Waals surface area contributed by atoms with E-state index in [2.05, 4.69) is 16.3 Å². The van der Waals surface area contributed by atoms with Crippen molar-refractivity contribution in [3.8, 4) is 11.1 Å². The Labute approximate surface area is 192 Å². The van der Waals surface area contributed by atoms with E-state index in [1.807, 2.05) is 36.4 Å². The summed E-state index contributed by atoms with van der Waals surface area (Å²) in [4.78, 5) is 15.1. The van der Waals surface area contributed by atoms with Gasteiger partial charge in [0.05, 0.1) is 17.5 Å². The molecule has 5 N–H and O–H groups in total. The third-order valence-corrected chi connectivity index (χ3v) is 6.52. The van der Waals surface area contributed by atoms with Crippen molar-refractivity contribution in [1.29, 1.82) is 0 Å². The predicted octanol–water partition coefficient (Wildman–Crippen LogP) is 4.13. The van der Waals surface area contributed by atoms with Crippen LogP contribution in [-0.2, 0) is 26.8 Å². The maximum atomic E-state index is 11.9. The first-order valence-corrected chi connectivity index (χ1v) is 11.9. The molecule has 7 nitrogen and oxygen atoms in total. The average molecular weight is 464 g/mol. The number of anilines is 1. The lowest BCUT2D eigenvalue weighted by Gasteiger charge is -2.17. The Morgan fingerprint density at radius 3 is 2.61 bits per heavy atom. The molecule has 0 bridgehead atoms. The number of aliphatic hydroxyl groups is 1. The fraction of sp³-hybridized carbons (Fsp3) is 0.160. The van der Waals surface area contributed by atoms with Gasteiger partial charge in [0.1, 0.15) is 0 Å². The number of hydrogen-bond acceptors (Lipinski definition) is 4.